The lowest BCUT2D eigenvalue weighted by Gasteiger charge is -2.26. The van der Waals surface area contributed by atoms with Crippen LogP contribution in [0.25, 0.3) is 10.9 Å². The molecule has 11 nitrogen and oxygen atoms in total. The molecule has 1 aromatic heterocycles. The summed E-state index contributed by atoms with van der Waals surface area (Å²) < 4.78 is 0. The van der Waals surface area contributed by atoms with Crippen LogP contribution in [0.1, 0.15) is 25.0 Å². The van der Waals surface area contributed by atoms with Crippen LogP contribution >= 0.6 is 0 Å². The van der Waals surface area contributed by atoms with E-state index in [0.29, 0.717) is 0 Å². The van der Waals surface area contributed by atoms with Gasteiger partial charge in [-0.15, -0.1) is 0 Å². The summed E-state index contributed by atoms with van der Waals surface area (Å²) >= 11 is 0. The van der Waals surface area contributed by atoms with Gasteiger partial charge in [0.1, 0.15) is 24.2 Å². The van der Waals surface area contributed by atoms with Crippen LogP contribution in [0.5, 0.6) is 0 Å². The number of nitrogens with two attached hydrogens (primary N) is 1. The molecule has 8 N–H and O–H groups in total. The number of para-hydroxylation sites is 1. The topological polar surface area (TPSA) is 187 Å². The van der Waals surface area contributed by atoms with Gasteiger partial charge in [0.25, 0.3) is 0 Å². The number of nitrogens with one attached hydrogen (secondary N) is 4. The molecule has 3 rings (SSSR count). The van der Waals surface area contributed by atoms with Crippen molar-refractivity contribution in [3.05, 3.63) is 71.9 Å². The van der Waals surface area contributed by atoms with E-state index in [1.807, 2.05) is 30.3 Å². The molecule has 0 aliphatic carbocycles. The van der Waals surface area contributed by atoms with Gasteiger partial charge in [0.15, 0.2) is 0 Å². The van der Waals surface area contributed by atoms with Crippen LogP contribution < -0.4 is 21.7 Å². The second kappa shape index (κ2) is 13.5. The van der Waals surface area contributed by atoms with Gasteiger partial charge in [0.2, 0.25) is 17.7 Å². The van der Waals surface area contributed by atoms with E-state index in [2.05, 4.69) is 20.9 Å². The van der Waals surface area contributed by atoms with Crippen molar-refractivity contribution in [2.45, 2.75) is 50.9 Å². The fraction of sp³-hybridized carbons (Fsp3) is 0.357. The van der Waals surface area contributed by atoms with Gasteiger partial charge in [-0.2, -0.15) is 0 Å². The van der Waals surface area contributed by atoms with E-state index in [1.165, 1.54) is 0 Å². The van der Waals surface area contributed by atoms with Crippen molar-refractivity contribution in [3.63, 3.8) is 0 Å². The van der Waals surface area contributed by atoms with E-state index < -0.39 is 60.4 Å². The predicted molar refractivity (Wildman–Crippen MR) is 145 cm³/mol. The quantitative estimate of drug-likeness (QED) is 0.165. The average Bonchev–Trinajstić information content (AvgIpc) is 3.33. The molecule has 3 aromatic rings. The Balaban J connectivity index is 1.90. The van der Waals surface area contributed by atoms with Crippen molar-refractivity contribution in [2.24, 2.45) is 11.7 Å². The third-order valence-corrected chi connectivity index (χ3v) is 6.41. The van der Waals surface area contributed by atoms with Gasteiger partial charge < -0.3 is 36.9 Å². The Kier molecular flexibility index (Phi) is 10.2. The molecule has 11 heteroatoms. The second-order valence-corrected chi connectivity index (χ2v) is 9.73. The molecule has 0 saturated heterocycles. The minimum Gasteiger partial charge on any atom is -0.480 e. The molecule has 1 heterocycles. The summed E-state index contributed by atoms with van der Waals surface area (Å²) in [6, 6.07) is 11.8. The highest BCUT2D eigenvalue weighted by molar-refractivity contribution is 5.95. The second-order valence-electron chi connectivity index (χ2n) is 9.73. The van der Waals surface area contributed by atoms with Gasteiger partial charge in [-0.1, -0.05) is 62.4 Å². The third-order valence-electron chi connectivity index (χ3n) is 6.41. The SMILES string of the molecule is CC(C)C(NC(=O)C(Cc1c[nH]c2ccccc12)NC(=O)C(Cc1ccccc1)NC(=O)C(N)CO)C(=O)O. The number of H-pyrrole nitrogens is 1. The molecule has 0 bridgehead atoms. The summed E-state index contributed by atoms with van der Waals surface area (Å²) in [6.45, 7) is 2.73. The van der Waals surface area contributed by atoms with E-state index >= 15 is 0 Å². The number of aliphatic hydroxyl groups is 1. The third kappa shape index (κ3) is 7.88. The minimum absolute atomic E-state index is 0.0637. The summed E-state index contributed by atoms with van der Waals surface area (Å²) in [6.07, 6.45) is 1.90. The molecule has 39 heavy (non-hydrogen) atoms. The highest BCUT2D eigenvalue weighted by atomic mass is 16.4. The van der Waals surface area contributed by atoms with Crippen molar-refractivity contribution in [2.75, 3.05) is 6.61 Å². The Morgan fingerprint density at radius 3 is 2.08 bits per heavy atom. The fourth-order valence-electron chi connectivity index (χ4n) is 4.19. The van der Waals surface area contributed by atoms with E-state index in [0.717, 1.165) is 22.0 Å². The number of hydrogen-bond acceptors (Lipinski definition) is 6. The summed E-state index contributed by atoms with van der Waals surface area (Å²) in [7, 11) is 0. The van der Waals surface area contributed by atoms with Crippen LogP contribution in [0.3, 0.4) is 0 Å². The lowest BCUT2D eigenvalue weighted by Crippen LogP contribution is -2.58. The highest BCUT2D eigenvalue weighted by Crippen LogP contribution is 2.19. The summed E-state index contributed by atoms with van der Waals surface area (Å²) in [4.78, 5) is 54.3. The lowest BCUT2D eigenvalue weighted by atomic mass is 10.00. The molecule has 2 aromatic carbocycles. The van der Waals surface area contributed by atoms with Crippen LogP contribution in [-0.4, -0.2) is 69.7 Å². The maximum Gasteiger partial charge on any atom is 0.326 e. The van der Waals surface area contributed by atoms with Gasteiger partial charge in [-0.3, -0.25) is 14.4 Å². The number of fused-ring (bicyclic) bond motifs is 1. The molecule has 4 unspecified atom stereocenters. The molecule has 208 valence electrons. The first-order chi connectivity index (χ1) is 18.6. The maximum absolute atomic E-state index is 13.5. The van der Waals surface area contributed by atoms with E-state index in [-0.39, 0.29) is 12.8 Å². The van der Waals surface area contributed by atoms with Crippen LogP contribution in [0.15, 0.2) is 60.8 Å². The van der Waals surface area contributed by atoms with Gasteiger partial charge >= 0.3 is 5.97 Å². The first-order valence-corrected chi connectivity index (χ1v) is 12.7. The van der Waals surface area contributed by atoms with Crippen molar-refractivity contribution in [1.29, 1.82) is 0 Å². The average molecular weight is 538 g/mol. The number of benzene rings is 2. The number of carboxylic acid groups (broad SMARTS) is 1. The molecule has 0 saturated carbocycles. The number of aliphatic carboxylic acids is 1. The Morgan fingerprint density at radius 1 is 0.846 bits per heavy atom. The smallest absolute Gasteiger partial charge is 0.326 e. The number of aromatic nitrogens is 1. The number of carboxylic acids is 1. The summed E-state index contributed by atoms with van der Waals surface area (Å²) in [5.74, 6) is -3.65. The number of carbonyl (C=O) groups excluding carboxylic acids is 3. The Bertz CT molecular complexity index is 1290. The molecule has 0 spiro atoms. The van der Waals surface area contributed by atoms with E-state index in [4.69, 9.17) is 5.73 Å². The van der Waals surface area contributed by atoms with Crippen molar-refractivity contribution >= 4 is 34.6 Å². The largest absolute Gasteiger partial charge is 0.480 e. The van der Waals surface area contributed by atoms with Crippen molar-refractivity contribution in [1.82, 2.24) is 20.9 Å². The molecule has 3 amide bonds. The molecule has 4 atom stereocenters. The number of amides is 3. The minimum atomic E-state index is -1.23. The molecular weight excluding hydrogens is 502 g/mol. The van der Waals surface area contributed by atoms with Gasteiger partial charge in [-0.05, 0) is 23.1 Å². The Hall–Kier alpha value is -4.22. The van der Waals surface area contributed by atoms with Gasteiger partial charge in [-0.25, -0.2) is 4.79 Å². The van der Waals surface area contributed by atoms with Crippen molar-refractivity contribution in [3.8, 4) is 0 Å². The van der Waals surface area contributed by atoms with Crippen molar-refractivity contribution < 1.29 is 29.4 Å². The Morgan fingerprint density at radius 2 is 1.44 bits per heavy atom. The van der Waals surface area contributed by atoms with Crippen LogP contribution in [0.4, 0.5) is 0 Å². The van der Waals surface area contributed by atoms with E-state index in [9.17, 15) is 29.4 Å². The van der Waals surface area contributed by atoms with Crippen LogP contribution in [-0.2, 0) is 32.0 Å². The molecule has 0 radical (unpaired) electrons. The van der Waals surface area contributed by atoms with Crippen LogP contribution in [0, 0.1) is 5.92 Å². The fourth-order valence-corrected chi connectivity index (χ4v) is 4.19. The van der Waals surface area contributed by atoms with E-state index in [1.54, 1.807) is 44.3 Å². The Labute approximate surface area is 226 Å². The lowest BCUT2D eigenvalue weighted by molar-refractivity contribution is -0.143. The zero-order valence-corrected chi connectivity index (χ0v) is 21.9. The molecule has 0 fully saturated rings. The number of aliphatic hydroxyl groups excluding tert-OH is 1. The first kappa shape index (κ1) is 29.3. The number of carbonyl (C=O) groups is 4. The highest BCUT2D eigenvalue weighted by Gasteiger charge is 2.32. The van der Waals surface area contributed by atoms with Gasteiger partial charge in [0.05, 0.1) is 6.61 Å². The summed E-state index contributed by atoms with van der Waals surface area (Å²) in [5, 5.41) is 27.5. The molecular formula is C28H35N5O6. The number of rotatable bonds is 13. The van der Waals surface area contributed by atoms with Crippen LogP contribution in [0.2, 0.25) is 0 Å². The zero-order valence-electron chi connectivity index (χ0n) is 21.9. The number of aromatic amines is 1. The molecule has 0 aliphatic rings. The maximum atomic E-state index is 13.5. The number of hydrogen-bond donors (Lipinski definition) is 7. The predicted octanol–water partition coefficient (Wildman–Crippen LogP) is 0.468. The monoisotopic (exact) mass is 537 g/mol. The van der Waals surface area contributed by atoms with Gasteiger partial charge in [0, 0.05) is 29.9 Å². The normalized spacial score (nSPS) is 14.3. The first-order valence-electron chi connectivity index (χ1n) is 12.7. The summed E-state index contributed by atoms with van der Waals surface area (Å²) in [5.41, 5.74) is 7.98. The zero-order chi connectivity index (χ0) is 28.5. The standard InChI is InChI=1S/C28H35N5O6/c1-16(2)24(28(38)39)33-27(37)23(13-18-14-30-21-11-7-6-10-19(18)21)32-26(36)22(31-25(35)20(29)15-34)12-17-8-4-3-5-9-17/h3-11,14,16,20,22-24,30,34H,12-13,15,29H2,1-2H3,(H,31,35)(H,32,36)(H,33,37)(H,38,39). The molecule has 0 aliphatic heterocycles.